The van der Waals surface area contributed by atoms with Crippen LogP contribution in [0.4, 0.5) is 5.69 Å². The molecule has 1 aliphatic heterocycles. The summed E-state index contributed by atoms with van der Waals surface area (Å²) in [6.07, 6.45) is 5.76. The predicted molar refractivity (Wildman–Crippen MR) is 119 cm³/mol. The number of anilines is 1. The first kappa shape index (κ1) is 23.6. The number of piperazine rings is 1. The normalized spacial score (nSPS) is 13.7. The van der Waals surface area contributed by atoms with Gasteiger partial charge in [-0.15, -0.1) is 12.4 Å². The van der Waals surface area contributed by atoms with Crippen LogP contribution in [0.1, 0.15) is 17.0 Å². The van der Waals surface area contributed by atoms with E-state index in [1.54, 1.807) is 41.3 Å². The van der Waals surface area contributed by atoms with Gasteiger partial charge in [0.2, 0.25) is 5.91 Å². The van der Waals surface area contributed by atoms with E-state index in [2.05, 4.69) is 16.0 Å². The number of halogens is 1. The quantitative estimate of drug-likeness (QED) is 0.420. The molecule has 1 aromatic heterocycles. The summed E-state index contributed by atoms with van der Waals surface area (Å²) in [6.45, 7) is 2.65. The summed E-state index contributed by atoms with van der Waals surface area (Å²) in [5, 5.41) is 17.4. The maximum Gasteiger partial charge on any atom is 0.267 e. The molecule has 1 fully saturated rings. The Morgan fingerprint density at radius 2 is 1.61 bits per heavy atom. The van der Waals surface area contributed by atoms with Crippen molar-refractivity contribution in [2.45, 2.75) is 0 Å². The summed E-state index contributed by atoms with van der Waals surface area (Å²) in [7, 11) is 0. The molecular weight excluding hydrogens is 418 g/mol. The average molecular weight is 440 g/mol. The molecule has 1 saturated heterocycles. The maximum atomic E-state index is 12.5. The fourth-order valence-corrected chi connectivity index (χ4v) is 3.05. The van der Waals surface area contributed by atoms with Gasteiger partial charge in [-0.05, 0) is 48.6 Å². The molecule has 8 nitrogen and oxygen atoms in total. The standard InChI is InChI=1S/C22H21N5O3.ClH/c23-16-17-4-8-20(9-5-17)26-12-14-27(15-13-26)22(29)11-7-19-3-1-2-18(24-19)6-10-21(28)25-30;/h1-11,30H,12-15H2,(H,25,28);1H/b10-6+,11-7+;. The molecular formula is C22H22ClN5O3. The van der Waals surface area contributed by atoms with Crippen LogP contribution in [0.15, 0.2) is 54.6 Å². The van der Waals surface area contributed by atoms with E-state index in [-0.39, 0.29) is 18.3 Å². The number of nitrogens with zero attached hydrogens (tertiary/aromatic N) is 4. The second kappa shape index (κ2) is 11.5. The van der Waals surface area contributed by atoms with Crippen LogP contribution in [0, 0.1) is 11.3 Å². The fourth-order valence-electron chi connectivity index (χ4n) is 3.05. The number of benzene rings is 1. The van der Waals surface area contributed by atoms with Gasteiger partial charge in [-0.25, -0.2) is 10.5 Å². The van der Waals surface area contributed by atoms with Gasteiger partial charge in [0.05, 0.1) is 23.0 Å². The summed E-state index contributed by atoms with van der Waals surface area (Å²) < 4.78 is 0. The molecule has 2 heterocycles. The van der Waals surface area contributed by atoms with E-state index < -0.39 is 5.91 Å². The van der Waals surface area contributed by atoms with Gasteiger partial charge in [0, 0.05) is 44.0 Å². The number of amides is 2. The molecule has 9 heteroatoms. The topological polar surface area (TPSA) is 110 Å². The molecule has 0 atom stereocenters. The lowest BCUT2D eigenvalue weighted by Crippen LogP contribution is -2.48. The lowest BCUT2D eigenvalue weighted by Gasteiger charge is -2.35. The largest absolute Gasteiger partial charge is 0.368 e. The first-order chi connectivity index (χ1) is 14.6. The Morgan fingerprint density at radius 1 is 1.00 bits per heavy atom. The average Bonchev–Trinajstić information content (AvgIpc) is 2.81. The Morgan fingerprint density at radius 3 is 2.19 bits per heavy atom. The van der Waals surface area contributed by atoms with Crippen LogP contribution >= 0.6 is 12.4 Å². The van der Waals surface area contributed by atoms with Gasteiger partial charge in [-0.3, -0.25) is 14.8 Å². The zero-order valence-electron chi connectivity index (χ0n) is 16.6. The molecule has 0 radical (unpaired) electrons. The SMILES string of the molecule is Cl.N#Cc1ccc(N2CCN(C(=O)/C=C/c3cccc(/C=C/C(=O)NO)n3)CC2)cc1. The monoisotopic (exact) mass is 439 g/mol. The molecule has 1 aromatic carbocycles. The number of carbonyl (C=O) groups excluding carboxylic acids is 2. The Balaban J connectivity index is 0.00000341. The minimum Gasteiger partial charge on any atom is -0.368 e. The van der Waals surface area contributed by atoms with E-state index in [0.717, 1.165) is 24.9 Å². The second-order valence-electron chi connectivity index (χ2n) is 6.60. The van der Waals surface area contributed by atoms with Crippen LogP contribution < -0.4 is 10.4 Å². The predicted octanol–water partition coefficient (Wildman–Crippen LogP) is 2.26. The number of hydroxylamine groups is 1. The number of rotatable bonds is 5. The lowest BCUT2D eigenvalue weighted by atomic mass is 10.2. The fraction of sp³-hybridized carbons (Fsp3) is 0.182. The van der Waals surface area contributed by atoms with Gasteiger partial charge in [0.1, 0.15) is 0 Å². The number of aromatic nitrogens is 1. The molecule has 2 aromatic rings. The molecule has 0 aliphatic carbocycles. The van der Waals surface area contributed by atoms with E-state index in [9.17, 15) is 9.59 Å². The third-order valence-corrected chi connectivity index (χ3v) is 4.66. The van der Waals surface area contributed by atoms with Crippen molar-refractivity contribution >= 4 is 42.1 Å². The summed E-state index contributed by atoms with van der Waals surface area (Å²) >= 11 is 0. The Hall–Kier alpha value is -3.67. The van der Waals surface area contributed by atoms with Gasteiger partial charge < -0.3 is 9.80 Å². The Labute approximate surface area is 186 Å². The van der Waals surface area contributed by atoms with Crippen molar-refractivity contribution in [3.63, 3.8) is 0 Å². The van der Waals surface area contributed by atoms with Crippen molar-refractivity contribution in [3.8, 4) is 6.07 Å². The van der Waals surface area contributed by atoms with Crippen LogP contribution in [-0.4, -0.2) is 53.1 Å². The molecule has 2 amide bonds. The van der Waals surface area contributed by atoms with Crippen LogP contribution in [0.25, 0.3) is 12.2 Å². The van der Waals surface area contributed by atoms with Crippen LogP contribution in [0.3, 0.4) is 0 Å². The highest BCUT2D eigenvalue weighted by atomic mass is 35.5. The number of nitriles is 1. The van der Waals surface area contributed by atoms with Gasteiger partial charge >= 0.3 is 0 Å². The van der Waals surface area contributed by atoms with Crippen LogP contribution in [0.5, 0.6) is 0 Å². The molecule has 2 N–H and O–H groups in total. The van der Waals surface area contributed by atoms with E-state index in [1.165, 1.54) is 17.6 Å². The van der Waals surface area contributed by atoms with Gasteiger partial charge in [-0.1, -0.05) is 6.07 Å². The third-order valence-electron chi connectivity index (χ3n) is 4.66. The van der Waals surface area contributed by atoms with E-state index in [1.807, 2.05) is 12.1 Å². The number of hydrogen-bond acceptors (Lipinski definition) is 6. The van der Waals surface area contributed by atoms with Crippen molar-refractivity contribution in [2.24, 2.45) is 0 Å². The van der Waals surface area contributed by atoms with Gasteiger partial charge in [0.15, 0.2) is 0 Å². The van der Waals surface area contributed by atoms with Crippen molar-refractivity contribution in [2.75, 3.05) is 31.1 Å². The van der Waals surface area contributed by atoms with Crippen molar-refractivity contribution in [3.05, 3.63) is 71.6 Å². The zero-order chi connectivity index (χ0) is 21.3. The second-order valence-corrected chi connectivity index (χ2v) is 6.60. The van der Waals surface area contributed by atoms with Crippen molar-refractivity contribution in [1.82, 2.24) is 15.4 Å². The first-order valence-corrected chi connectivity index (χ1v) is 9.40. The highest BCUT2D eigenvalue weighted by Gasteiger charge is 2.19. The van der Waals surface area contributed by atoms with Gasteiger partial charge in [-0.2, -0.15) is 5.26 Å². The molecule has 160 valence electrons. The van der Waals surface area contributed by atoms with E-state index in [4.69, 9.17) is 10.5 Å². The number of pyridine rings is 1. The van der Waals surface area contributed by atoms with Crippen molar-refractivity contribution in [1.29, 1.82) is 5.26 Å². The van der Waals surface area contributed by atoms with Crippen LogP contribution in [-0.2, 0) is 9.59 Å². The zero-order valence-corrected chi connectivity index (χ0v) is 17.5. The minimum absolute atomic E-state index is 0. The number of hydrogen-bond donors (Lipinski definition) is 2. The molecule has 3 rings (SSSR count). The maximum absolute atomic E-state index is 12.5. The van der Waals surface area contributed by atoms with Crippen LogP contribution in [0.2, 0.25) is 0 Å². The third kappa shape index (κ3) is 6.67. The molecule has 0 spiro atoms. The number of nitrogens with one attached hydrogen (secondary N) is 1. The lowest BCUT2D eigenvalue weighted by molar-refractivity contribution is -0.126. The highest BCUT2D eigenvalue weighted by molar-refractivity contribution is 5.92. The first-order valence-electron chi connectivity index (χ1n) is 9.40. The summed E-state index contributed by atoms with van der Waals surface area (Å²) in [6, 6.07) is 14.8. The summed E-state index contributed by atoms with van der Waals surface area (Å²) in [4.78, 5) is 31.8. The molecule has 31 heavy (non-hydrogen) atoms. The Bertz CT molecular complexity index is 1010. The van der Waals surface area contributed by atoms with Gasteiger partial charge in [0.25, 0.3) is 5.91 Å². The summed E-state index contributed by atoms with van der Waals surface area (Å²) in [5.74, 6) is -0.732. The molecule has 0 bridgehead atoms. The Kier molecular flexibility index (Phi) is 8.76. The smallest absolute Gasteiger partial charge is 0.267 e. The number of carbonyl (C=O) groups is 2. The highest BCUT2D eigenvalue weighted by Crippen LogP contribution is 2.17. The molecule has 1 aliphatic rings. The van der Waals surface area contributed by atoms with E-state index >= 15 is 0 Å². The molecule has 0 saturated carbocycles. The minimum atomic E-state index is -0.645. The summed E-state index contributed by atoms with van der Waals surface area (Å²) in [5.41, 5.74) is 4.30. The molecule has 0 unspecified atom stereocenters. The van der Waals surface area contributed by atoms with E-state index in [0.29, 0.717) is 30.0 Å². The van der Waals surface area contributed by atoms with Crippen molar-refractivity contribution < 1.29 is 14.8 Å².